The van der Waals surface area contributed by atoms with Crippen LogP contribution in [-0.2, 0) is 14.3 Å². The predicted molar refractivity (Wildman–Crippen MR) is 156 cm³/mol. The second kappa shape index (κ2) is 15.8. The Morgan fingerprint density at radius 1 is 0.878 bits per heavy atom. The fourth-order valence-electron chi connectivity index (χ4n) is 3.36. The van der Waals surface area contributed by atoms with Crippen LogP contribution in [0, 0.1) is 0 Å². The van der Waals surface area contributed by atoms with Crippen molar-refractivity contribution in [2.24, 2.45) is 5.10 Å². The number of hydrogen-bond donors (Lipinski definition) is 3. The lowest BCUT2D eigenvalue weighted by atomic mass is 10.2. The molecule has 0 unspecified atom stereocenters. The summed E-state index contributed by atoms with van der Waals surface area (Å²) in [6, 6.07) is 18.1. The zero-order chi connectivity index (χ0) is 29.6. The highest BCUT2D eigenvalue weighted by molar-refractivity contribution is 9.10. The van der Waals surface area contributed by atoms with Crippen LogP contribution >= 0.6 is 15.9 Å². The quantitative estimate of drug-likeness (QED) is 0.148. The highest BCUT2D eigenvalue weighted by Gasteiger charge is 2.12. The Bertz CT molecular complexity index is 1410. The van der Waals surface area contributed by atoms with Gasteiger partial charge in [-0.3, -0.25) is 14.4 Å². The van der Waals surface area contributed by atoms with E-state index in [9.17, 15) is 19.2 Å². The molecule has 3 aromatic carbocycles. The summed E-state index contributed by atoms with van der Waals surface area (Å²) in [4.78, 5) is 48.4. The summed E-state index contributed by atoms with van der Waals surface area (Å²) in [5.41, 5.74) is 4.25. The van der Waals surface area contributed by atoms with Crippen LogP contribution in [0.15, 0.2) is 76.3 Å². The Balaban J connectivity index is 1.50. The van der Waals surface area contributed by atoms with Crippen LogP contribution in [0.1, 0.15) is 40.1 Å². The molecule has 0 heterocycles. The molecule has 0 saturated carbocycles. The highest BCUT2D eigenvalue weighted by Crippen LogP contribution is 2.28. The molecule has 41 heavy (non-hydrogen) atoms. The lowest BCUT2D eigenvalue weighted by Gasteiger charge is -2.13. The maximum Gasteiger partial charge on any atom is 0.338 e. The molecule has 3 N–H and O–H groups in total. The number of carbonyl (C=O) groups excluding carboxylic acids is 4. The second-order valence-corrected chi connectivity index (χ2v) is 9.08. The second-order valence-electron chi connectivity index (χ2n) is 8.23. The first-order valence-electron chi connectivity index (χ1n) is 12.6. The molecule has 0 bridgehead atoms. The zero-order valence-electron chi connectivity index (χ0n) is 22.4. The lowest BCUT2D eigenvalue weighted by molar-refractivity contribution is -0.120. The summed E-state index contributed by atoms with van der Waals surface area (Å²) in [6.07, 6.45) is 1.41. The van der Waals surface area contributed by atoms with E-state index in [2.05, 4.69) is 37.1 Å². The molecule has 11 nitrogen and oxygen atoms in total. The number of nitrogens with one attached hydrogen (secondary N) is 3. The van der Waals surface area contributed by atoms with E-state index in [0.717, 1.165) is 0 Å². The molecule has 0 aliphatic heterocycles. The third kappa shape index (κ3) is 9.76. The number of ether oxygens (including phenoxy) is 3. The van der Waals surface area contributed by atoms with Crippen LogP contribution in [0.3, 0.4) is 0 Å². The lowest BCUT2D eigenvalue weighted by Crippen LogP contribution is -2.35. The molecule has 0 spiro atoms. The molecule has 0 radical (unpaired) electrons. The number of esters is 1. The fourth-order valence-corrected chi connectivity index (χ4v) is 3.82. The maximum absolute atomic E-state index is 12.4. The summed E-state index contributed by atoms with van der Waals surface area (Å²) in [5, 5.41) is 9.14. The number of rotatable bonds is 13. The largest absolute Gasteiger partial charge is 0.490 e. The van der Waals surface area contributed by atoms with Crippen molar-refractivity contribution in [1.29, 1.82) is 0 Å². The van der Waals surface area contributed by atoms with Gasteiger partial charge in [0.1, 0.15) is 0 Å². The SMILES string of the molecule is CCOC(=O)c1ccc(NC(=O)COc2ccc(C=NNC(=O)CNC(=O)c3ccccc3Br)cc2OCC)cc1. The van der Waals surface area contributed by atoms with Crippen LogP contribution in [0.25, 0.3) is 0 Å². The summed E-state index contributed by atoms with van der Waals surface area (Å²) in [5.74, 6) is -1.02. The van der Waals surface area contributed by atoms with Gasteiger partial charge in [0.25, 0.3) is 17.7 Å². The first kappa shape index (κ1) is 30.8. The van der Waals surface area contributed by atoms with Gasteiger partial charge in [0.05, 0.1) is 37.1 Å². The number of nitrogens with zero attached hydrogens (tertiary/aromatic N) is 1. The highest BCUT2D eigenvalue weighted by atomic mass is 79.9. The topological polar surface area (TPSA) is 144 Å². The smallest absolute Gasteiger partial charge is 0.338 e. The van der Waals surface area contributed by atoms with Gasteiger partial charge in [0, 0.05) is 10.2 Å². The maximum atomic E-state index is 12.4. The molecule has 214 valence electrons. The van der Waals surface area contributed by atoms with E-state index >= 15 is 0 Å². The summed E-state index contributed by atoms with van der Waals surface area (Å²) < 4.78 is 16.8. The molecule has 0 aliphatic rings. The minimum absolute atomic E-state index is 0.258. The Hall–Kier alpha value is -4.71. The average Bonchev–Trinajstić information content (AvgIpc) is 2.96. The molecular weight excluding hydrogens is 596 g/mol. The van der Waals surface area contributed by atoms with Crippen molar-refractivity contribution in [3.63, 3.8) is 0 Å². The molecule has 0 atom stereocenters. The molecule has 3 amide bonds. The molecule has 12 heteroatoms. The van der Waals surface area contributed by atoms with Crippen LogP contribution in [-0.4, -0.2) is 56.3 Å². The number of anilines is 1. The molecule has 0 aromatic heterocycles. The van der Waals surface area contributed by atoms with E-state index in [-0.39, 0.29) is 19.8 Å². The average molecular weight is 625 g/mol. The number of carbonyl (C=O) groups is 4. The molecule has 3 rings (SSSR count). The first-order valence-corrected chi connectivity index (χ1v) is 13.4. The van der Waals surface area contributed by atoms with Gasteiger partial charge in [-0.2, -0.15) is 5.10 Å². The van der Waals surface area contributed by atoms with E-state index in [0.29, 0.717) is 45.0 Å². The van der Waals surface area contributed by atoms with Crippen molar-refractivity contribution in [2.45, 2.75) is 13.8 Å². The van der Waals surface area contributed by atoms with Crippen LogP contribution in [0.5, 0.6) is 11.5 Å². The molecule has 0 aliphatic carbocycles. The number of hydrogen-bond acceptors (Lipinski definition) is 8. The number of amides is 3. The van der Waals surface area contributed by atoms with Crippen molar-refractivity contribution >= 4 is 51.5 Å². The van der Waals surface area contributed by atoms with Crippen LogP contribution < -0.4 is 25.5 Å². The minimum Gasteiger partial charge on any atom is -0.490 e. The molecule has 3 aromatic rings. The molecule has 0 fully saturated rings. The Morgan fingerprint density at radius 3 is 2.34 bits per heavy atom. The van der Waals surface area contributed by atoms with Crippen molar-refractivity contribution in [1.82, 2.24) is 10.7 Å². The third-order valence-electron chi connectivity index (χ3n) is 5.24. The number of hydrazone groups is 1. The van der Waals surface area contributed by atoms with Gasteiger partial charge in [-0.15, -0.1) is 0 Å². The van der Waals surface area contributed by atoms with E-state index in [1.165, 1.54) is 6.21 Å². The predicted octanol–water partition coefficient (Wildman–Crippen LogP) is 3.92. The molecular formula is C29H29BrN4O7. The summed E-state index contributed by atoms with van der Waals surface area (Å²) in [7, 11) is 0. The zero-order valence-corrected chi connectivity index (χ0v) is 24.0. The van der Waals surface area contributed by atoms with Gasteiger partial charge in [-0.25, -0.2) is 10.2 Å². The van der Waals surface area contributed by atoms with Gasteiger partial charge in [-0.1, -0.05) is 12.1 Å². The van der Waals surface area contributed by atoms with Crippen molar-refractivity contribution in [3.05, 3.63) is 87.9 Å². The van der Waals surface area contributed by atoms with Gasteiger partial charge in [-0.05, 0) is 89.9 Å². The van der Waals surface area contributed by atoms with Gasteiger partial charge in [0.15, 0.2) is 18.1 Å². The number of benzene rings is 3. The monoisotopic (exact) mass is 624 g/mol. The standard InChI is InChI=1S/C29H29BrN4O7/c1-3-39-25-15-19(16-32-34-26(35)17-31-28(37)22-7-5-6-8-23(22)30)9-14-24(25)41-18-27(36)33-21-12-10-20(11-13-21)29(38)40-4-2/h5-16H,3-4,17-18H2,1-2H3,(H,31,37)(H,33,36)(H,34,35). The minimum atomic E-state index is -0.506. The molecule has 0 saturated heterocycles. The van der Waals surface area contributed by atoms with Crippen LogP contribution in [0.2, 0.25) is 0 Å². The van der Waals surface area contributed by atoms with Crippen molar-refractivity contribution < 1.29 is 33.4 Å². The summed E-state index contributed by atoms with van der Waals surface area (Å²) >= 11 is 3.30. The van der Waals surface area contributed by atoms with Crippen molar-refractivity contribution in [2.75, 3.05) is 31.7 Å². The van der Waals surface area contributed by atoms with Crippen LogP contribution in [0.4, 0.5) is 5.69 Å². The van der Waals surface area contributed by atoms with E-state index in [4.69, 9.17) is 14.2 Å². The van der Waals surface area contributed by atoms with E-state index in [1.54, 1.807) is 80.6 Å². The van der Waals surface area contributed by atoms with E-state index < -0.39 is 23.7 Å². The number of halogens is 1. The summed E-state index contributed by atoms with van der Waals surface area (Å²) in [6.45, 7) is 3.62. The van der Waals surface area contributed by atoms with Gasteiger partial charge < -0.3 is 24.8 Å². The Morgan fingerprint density at radius 2 is 1.63 bits per heavy atom. The first-order chi connectivity index (χ1) is 19.8. The third-order valence-corrected chi connectivity index (χ3v) is 5.93. The Kier molecular flexibility index (Phi) is 11.9. The van der Waals surface area contributed by atoms with Gasteiger partial charge in [0.2, 0.25) is 0 Å². The van der Waals surface area contributed by atoms with E-state index in [1.807, 2.05) is 0 Å². The normalized spacial score (nSPS) is 10.5. The van der Waals surface area contributed by atoms with Crippen molar-refractivity contribution in [3.8, 4) is 11.5 Å². The fraction of sp³-hybridized carbons (Fsp3) is 0.207. The van der Waals surface area contributed by atoms with Gasteiger partial charge >= 0.3 is 5.97 Å². The Labute approximate surface area is 245 Å².